The number of hydrogen-bond donors (Lipinski definition) is 3. The molecule has 2 aromatic rings. The van der Waals surface area contributed by atoms with E-state index in [2.05, 4.69) is 15.4 Å². The molecule has 1 fully saturated rings. The Labute approximate surface area is 184 Å². The molecular weight excluding hydrogens is 444 g/mol. The lowest BCUT2D eigenvalue weighted by Crippen LogP contribution is -2.39. The van der Waals surface area contributed by atoms with E-state index < -0.39 is 39.5 Å². The highest BCUT2D eigenvalue weighted by atomic mass is 32.2. The maximum atomic E-state index is 13.6. The topological polar surface area (TPSA) is 114 Å². The van der Waals surface area contributed by atoms with Gasteiger partial charge in [0.15, 0.2) is 11.6 Å². The molecule has 0 bridgehead atoms. The van der Waals surface area contributed by atoms with E-state index in [9.17, 15) is 26.8 Å². The summed E-state index contributed by atoms with van der Waals surface area (Å²) in [6, 6.07) is 6.71. The summed E-state index contributed by atoms with van der Waals surface area (Å²) < 4.78 is 59.6. The van der Waals surface area contributed by atoms with Crippen LogP contribution in [0.2, 0.25) is 0 Å². The van der Waals surface area contributed by atoms with Crippen molar-refractivity contribution in [3.63, 3.8) is 0 Å². The Balaban J connectivity index is 1.71. The second kappa shape index (κ2) is 10.2. The highest BCUT2D eigenvalue weighted by Crippen LogP contribution is 2.19. The van der Waals surface area contributed by atoms with Crippen LogP contribution in [0, 0.1) is 11.6 Å². The molecule has 2 amide bonds. The molecule has 3 rings (SSSR count). The largest absolute Gasteiger partial charge is 0.377 e. The molecule has 2 unspecified atom stereocenters. The van der Waals surface area contributed by atoms with Crippen LogP contribution < -0.4 is 15.4 Å². The number of benzene rings is 2. The Bertz CT molecular complexity index is 1090. The Morgan fingerprint density at radius 1 is 1.12 bits per heavy atom. The number of nitrogens with one attached hydrogen (secondary N) is 3. The second-order valence-electron chi connectivity index (χ2n) is 7.21. The zero-order valence-electron chi connectivity index (χ0n) is 17.2. The monoisotopic (exact) mass is 467 g/mol. The number of rotatable bonds is 8. The quantitative estimate of drug-likeness (QED) is 0.546. The van der Waals surface area contributed by atoms with Gasteiger partial charge < -0.3 is 15.4 Å². The van der Waals surface area contributed by atoms with Gasteiger partial charge in [0, 0.05) is 25.8 Å². The average molecular weight is 467 g/mol. The van der Waals surface area contributed by atoms with Gasteiger partial charge in [-0.1, -0.05) is 6.07 Å². The molecule has 1 heterocycles. The fourth-order valence-electron chi connectivity index (χ4n) is 3.23. The number of carbonyl (C=O) groups excluding carboxylic acids is 2. The first-order valence-electron chi connectivity index (χ1n) is 9.90. The van der Waals surface area contributed by atoms with E-state index in [1.807, 2.05) is 0 Å². The number of amides is 2. The van der Waals surface area contributed by atoms with Gasteiger partial charge in [-0.3, -0.25) is 9.59 Å². The van der Waals surface area contributed by atoms with Crippen LogP contribution in [0.15, 0.2) is 47.4 Å². The highest BCUT2D eigenvalue weighted by molar-refractivity contribution is 7.89. The summed E-state index contributed by atoms with van der Waals surface area (Å²) in [5, 5.41) is 4.80. The molecule has 32 heavy (non-hydrogen) atoms. The number of hydrogen-bond acceptors (Lipinski definition) is 5. The van der Waals surface area contributed by atoms with Gasteiger partial charge in [0.2, 0.25) is 15.9 Å². The summed E-state index contributed by atoms with van der Waals surface area (Å²) in [5.74, 6) is -3.57. The fraction of sp³-hybridized carbons (Fsp3) is 0.333. The molecule has 2 atom stereocenters. The molecule has 0 radical (unpaired) electrons. The first kappa shape index (κ1) is 23.8. The minimum Gasteiger partial charge on any atom is -0.377 e. The molecule has 3 N–H and O–H groups in total. The third-order valence-electron chi connectivity index (χ3n) is 5.01. The van der Waals surface area contributed by atoms with Crippen LogP contribution in [0.3, 0.4) is 0 Å². The van der Waals surface area contributed by atoms with Crippen LogP contribution in [0.5, 0.6) is 0 Å². The molecular formula is C21H23F2N3O5S. The summed E-state index contributed by atoms with van der Waals surface area (Å²) in [4.78, 5) is 24.8. The average Bonchev–Trinajstić information content (AvgIpc) is 3.31. The number of likely N-dealkylation sites (N-methyl/N-ethyl adjacent to an activating group) is 1. The first-order chi connectivity index (χ1) is 15.2. The molecule has 2 aromatic carbocycles. The predicted octanol–water partition coefficient (Wildman–Crippen LogP) is 1.64. The Morgan fingerprint density at radius 3 is 2.44 bits per heavy atom. The van der Waals surface area contributed by atoms with E-state index in [-0.39, 0.29) is 28.7 Å². The van der Waals surface area contributed by atoms with Crippen LogP contribution in [-0.4, -0.2) is 46.5 Å². The van der Waals surface area contributed by atoms with Gasteiger partial charge in [0.05, 0.1) is 11.0 Å². The van der Waals surface area contributed by atoms with Crippen molar-refractivity contribution in [1.82, 2.24) is 15.4 Å². The maximum Gasteiger partial charge on any atom is 0.252 e. The van der Waals surface area contributed by atoms with Crippen molar-refractivity contribution in [2.75, 3.05) is 20.2 Å². The number of sulfonamides is 1. The summed E-state index contributed by atoms with van der Waals surface area (Å²) in [5.41, 5.74) is 0.133. The SMILES string of the molecule is CNC(=O)C(NC(=O)c1ccc(S(=O)(=O)NCC2CCCO2)cc1)c1ccc(F)c(F)c1. The number of ether oxygens (including phenoxy) is 1. The lowest BCUT2D eigenvalue weighted by atomic mass is 10.0. The lowest BCUT2D eigenvalue weighted by Gasteiger charge is -2.18. The van der Waals surface area contributed by atoms with Crippen molar-refractivity contribution >= 4 is 21.8 Å². The van der Waals surface area contributed by atoms with Crippen LogP contribution >= 0.6 is 0 Å². The summed E-state index contributed by atoms with van der Waals surface area (Å²) in [6.45, 7) is 0.768. The van der Waals surface area contributed by atoms with Crippen molar-refractivity contribution in [2.24, 2.45) is 0 Å². The molecule has 1 aliphatic heterocycles. The van der Waals surface area contributed by atoms with Gasteiger partial charge in [-0.15, -0.1) is 0 Å². The van der Waals surface area contributed by atoms with Crippen LogP contribution in [0.4, 0.5) is 8.78 Å². The van der Waals surface area contributed by atoms with Gasteiger partial charge >= 0.3 is 0 Å². The molecule has 172 valence electrons. The van der Waals surface area contributed by atoms with Crippen molar-refractivity contribution < 1.29 is 31.5 Å². The van der Waals surface area contributed by atoms with Crippen molar-refractivity contribution in [2.45, 2.75) is 29.9 Å². The fourth-order valence-corrected chi connectivity index (χ4v) is 4.29. The minimum atomic E-state index is -3.79. The second-order valence-corrected chi connectivity index (χ2v) is 8.97. The molecule has 0 spiro atoms. The molecule has 11 heteroatoms. The smallest absolute Gasteiger partial charge is 0.252 e. The third-order valence-corrected chi connectivity index (χ3v) is 6.45. The predicted molar refractivity (Wildman–Crippen MR) is 111 cm³/mol. The zero-order chi connectivity index (χ0) is 23.3. The van der Waals surface area contributed by atoms with Gasteiger partial charge in [0.25, 0.3) is 5.91 Å². The Kier molecular flexibility index (Phi) is 7.54. The van der Waals surface area contributed by atoms with Crippen LogP contribution in [0.1, 0.15) is 34.8 Å². The molecule has 0 saturated carbocycles. The number of halogens is 2. The third kappa shape index (κ3) is 5.67. The van der Waals surface area contributed by atoms with E-state index in [0.29, 0.717) is 6.61 Å². The van der Waals surface area contributed by atoms with E-state index in [1.165, 1.54) is 37.4 Å². The van der Waals surface area contributed by atoms with Gasteiger partial charge in [0.1, 0.15) is 6.04 Å². The molecule has 0 aliphatic carbocycles. The van der Waals surface area contributed by atoms with Gasteiger partial charge in [-0.2, -0.15) is 0 Å². The zero-order valence-corrected chi connectivity index (χ0v) is 18.0. The Hall–Kier alpha value is -2.89. The first-order valence-corrected chi connectivity index (χ1v) is 11.4. The van der Waals surface area contributed by atoms with E-state index >= 15 is 0 Å². The van der Waals surface area contributed by atoms with Crippen molar-refractivity contribution in [3.8, 4) is 0 Å². The van der Waals surface area contributed by atoms with Gasteiger partial charge in [-0.05, 0) is 54.8 Å². The highest BCUT2D eigenvalue weighted by Gasteiger charge is 2.24. The van der Waals surface area contributed by atoms with E-state index in [1.54, 1.807) is 0 Å². The van der Waals surface area contributed by atoms with Crippen molar-refractivity contribution in [1.29, 1.82) is 0 Å². The summed E-state index contributed by atoms with van der Waals surface area (Å²) >= 11 is 0. The maximum absolute atomic E-state index is 13.6. The molecule has 8 nitrogen and oxygen atoms in total. The standard InChI is InChI=1S/C21H23F2N3O5S/c1-24-21(28)19(14-6-9-17(22)18(23)11-14)26-20(27)13-4-7-16(8-5-13)32(29,30)25-12-15-3-2-10-31-15/h4-9,11,15,19,25H,2-3,10,12H2,1H3,(H,24,28)(H,26,27). The minimum absolute atomic E-state index is 0.0319. The van der Waals surface area contributed by atoms with E-state index in [0.717, 1.165) is 25.0 Å². The molecule has 1 aliphatic rings. The van der Waals surface area contributed by atoms with E-state index in [4.69, 9.17) is 4.74 Å². The van der Waals surface area contributed by atoms with Gasteiger partial charge in [-0.25, -0.2) is 21.9 Å². The van der Waals surface area contributed by atoms with Crippen LogP contribution in [-0.2, 0) is 19.6 Å². The Morgan fingerprint density at radius 2 is 1.84 bits per heavy atom. The lowest BCUT2D eigenvalue weighted by molar-refractivity contribution is -0.122. The van der Waals surface area contributed by atoms with Crippen molar-refractivity contribution in [3.05, 3.63) is 65.2 Å². The molecule has 1 saturated heterocycles. The summed E-state index contributed by atoms with van der Waals surface area (Å²) in [6.07, 6.45) is 1.51. The normalized spacial score (nSPS) is 17.0. The number of carbonyl (C=O) groups is 2. The summed E-state index contributed by atoms with van der Waals surface area (Å²) in [7, 11) is -2.45. The molecule has 0 aromatic heterocycles. The van der Waals surface area contributed by atoms with Crippen LogP contribution in [0.25, 0.3) is 0 Å².